The largest absolute Gasteiger partial charge is 0.378 e. The lowest BCUT2D eigenvalue weighted by atomic mass is 10.1. The molecule has 0 aromatic carbocycles. The molecular formula is C9H15NO3. The van der Waals surface area contributed by atoms with Crippen LogP contribution >= 0.6 is 0 Å². The highest BCUT2D eigenvalue weighted by molar-refractivity contribution is 4.89. The minimum atomic E-state index is 0.469. The van der Waals surface area contributed by atoms with Crippen molar-refractivity contribution in [3.05, 3.63) is 0 Å². The summed E-state index contributed by atoms with van der Waals surface area (Å²) in [5.41, 5.74) is 0. The van der Waals surface area contributed by atoms with E-state index in [1.54, 1.807) is 0 Å². The summed E-state index contributed by atoms with van der Waals surface area (Å²) in [7, 11) is 0. The minimum absolute atomic E-state index is 0.469. The van der Waals surface area contributed by atoms with Gasteiger partial charge < -0.3 is 14.2 Å². The van der Waals surface area contributed by atoms with Crippen molar-refractivity contribution in [2.45, 2.75) is 18.2 Å². The Morgan fingerprint density at radius 1 is 0.923 bits per heavy atom. The molecule has 0 aromatic rings. The second kappa shape index (κ2) is 3.20. The van der Waals surface area contributed by atoms with Crippen LogP contribution < -0.4 is 0 Å². The second-order valence-corrected chi connectivity index (χ2v) is 4.03. The molecule has 0 aliphatic carbocycles. The maximum absolute atomic E-state index is 5.51. The van der Waals surface area contributed by atoms with Crippen molar-refractivity contribution >= 4 is 0 Å². The van der Waals surface area contributed by atoms with Gasteiger partial charge in [0.1, 0.15) is 0 Å². The molecule has 0 unspecified atom stereocenters. The van der Waals surface area contributed by atoms with Gasteiger partial charge >= 0.3 is 0 Å². The molecular weight excluding hydrogens is 170 g/mol. The molecule has 3 rings (SSSR count). The Balaban J connectivity index is 1.67. The summed E-state index contributed by atoms with van der Waals surface area (Å²) in [5.74, 6) is 0. The van der Waals surface area contributed by atoms with Gasteiger partial charge in [0.25, 0.3) is 0 Å². The first-order valence-corrected chi connectivity index (χ1v) is 4.96. The van der Waals surface area contributed by atoms with Gasteiger partial charge in [-0.05, 0) is 0 Å². The predicted octanol–water partition coefficient (Wildman–Crippen LogP) is -0.515. The van der Waals surface area contributed by atoms with Crippen LogP contribution in [0.15, 0.2) is 0 Å². The highest BCUT2D eigenvalue weighted by atomic mass is 16.6. The Hall–Kier alpha value is -0.160. The quantitative estimate of drug-likeness (QED) is 0.542. The van der Waals surface area contributed by atoms with Gasteiger partial charge in [-0.15, -0.1) is 0 Å². The number of fused-ring (bicyclic) bond motifs is 2. The van der Waals surface area contributed by atoms with Crippen LogP contribution in [0.25, 0.3) is 0 Å². The molecule has 0 N–H and O–H groups in total. The van der Waals surface area contributed by atoms with Gasteiger partial charge in [0.2, 0.25) is 0 Å². The highest BCUT2D eigenvalue weighted by Crippen LogP contribution is 2.22. The molecule has 0 saturated carbocycles. The first kappa shape index (κ1) is 8.17. The number of rotatable bonds is 2. The molecule has 3 aliphatic heterocycles. The van der Waals surface area contributed by atoms with E-state index in [2.05, 4.69) is 4.90 Å². The van der Waals surface area contributed by atoms with Gasteiger partial charge in [-0.3, -0.25) is 4.90 Å². The van der Waals surface area contributed by atoms with Crippen molar-refractivity contribution in [3.8, 4) is 0 Å². The zero-order valence-corrected chi connectivity index (χ0v) is 7.65. The second-order valence-electron chi connectivity index (χ2n) is 4.03. The lowest BCUT2D eigenvalue weighted by molar-refractivity contribution is -0.138. The molecule has 3 aliphatic rings. The smallest absolute Gasteiger partial charge is 0.0936 e. The van der Waals surface area contributed by atoms with Crippen molar-refractivity contribution in [1.29, 1.82) is 0 Å². The molecule has 0 radical (unpaired) electrons. The Morgan fingerprint density at radius 3 is 1.92 bits per heavy atom. The minimum Gasteiger partial charge on any atom is -0.378 e. The highest BCUT2D eigenvalue weighted by Gasteiger charge is 2.38. The molecule has 2 bridgehead atoms. The maximum atomic E-state index is 5.51. The van der Waals surface area contributed by atoms with E-state index in [1.807, 2.05) is 0 Å². The molecule has 4 heteroatoms. The molecule has 3 saturated heterocycles. The third-order valence-electron chi connectivity index (χ3n) is 3.00. The number of ether oxygens (including phenoxy) is 3. The molecule has 74 valence electrons. The summed E-state index contributed by atoms with van der Waals surface area (Å²) in [6.45, 7) is 5.30. The molecule has 0 spiro atoms. The van der Waals surface area contributed by atoms with Gasteiger partial charge in [0.05, 0.1) is 51.2 Å². The molecule has 4 nitrogen and oxygen atoms in total. The fourth-order valence-corrected chi connectivity index (χ4v) is 2.16. The summed E-state index contributed by atoms with van der Waals surface area (Å²) >= 11 is 0. The van der Waals surface area contributed by atoms with Crippen molar-refractivity contribution in [2.75, 3.05) is 39.6 Å². The van der Waals surface area contributed by atoms with Crippen LogP contribution in [0.1, 0.15) is 0 Å². The Morgan fingerprint density at radius 2 is 1.46 bits per heavy atom. The van der Waals surface area contributed by atoms with Gasteiger partial charge in [0, 0.05) is 6.54 Å². The van der Waals surface area contributed by atoms with Gasteiger partial charge in [-0.1, -0.05) is 0 Å². The van der Waals surface area contributed by atoms with E-state index in [-0.39, 0.29) is 0 Å². The van der Waals surface area contributed by atoms with Crippen LogP contribution in [0.2, 0.25) is 0 Å². The lowest BCUT2D eigenvalue weighted by Crippen LogP contribution is -2.60. The van der Waals surface area contributed by atoms with E-state index in [0.29, 0.717) is 18.2 Å². The van der Waals surface area contributed by atoms with E-state index in [9.17, 15) is 0 Å². The van der Waals surface area contributed by atoms with Crippen molar-refractivity contribution < 1.29 is 14.2 Å². The average molecular weight is 185 g/mol. The molecule has 3 heterocycles. The van der Waals surface area contributed by atoms with Crippen LogP contribution in [0.4, 0.5) is 0 Å². The number of nitrogens with zero attached hydrogens (tertiary/aromatic N) is 1. The van der Waals surface area contributed by atoms with Crippen LogP contribution in [0.3, 0.4) is 0 Å². The predicted molar refractivity (Wildman–Crippen MR) is 45.7 cm³/mol. The third kappa shape index (κ3) is 1.59. The Bertz CT molecular complexity index is 173. The first-order valence-electron chi connectivity index (χ1n) is 4.96. The fraction of sp³-hybridized carbons (Fsp3) is 1.00. The number of epoxide rings is 1. The number of morpholine rings is 2. The van der Waals surface area contributed by atoms with E-state index in [0.717, 1.165) is 39.6 Å². The number of hydrogen-bond acceptors (Lipinski definition) is 4. The van der Waals surface area contributed by atoms with Crippen LogP contribution in [-0.4, -0.2) is 62.7 Å². The zero-order chi connectivity index (χ0) is 8.67. The average Bonchev–Trinajstić information content (AvgIpc) is 2.87. The summed E-state index contributed by atoms with van der Waals surface area (Å²) < 4.78 is 16.3. The monoisotopic (exact) mass is 185 g/mol. The SMILES string of the molecule is C1OCC2COCC1N2C[C@@H]1CO1. The van der Waals surface area contributed by atoms with Crippen molar-refractivity contribution in [1.82, 2.24) is 4.90 Å². The Labute approximate surface area is 77.7 Å². The Kier molecular flexibility index (Phi) is 2.01. The first-order chi connectivity index (χ1) is 6.43. The van der Waals surface area contributed by atoms with E-state index in [1.165, 1.54) is 0 Å². The number of hydrogen-bond donors (Lipinski definition) is 0. The van der Waals surface area contributed by atoms with Crippen molar-refractivity contribution in [2.24, 2.45) is 0 Å². The van der Waals surface area contributed by atoms with Crippen molar-refractivity contribution in [3.63, 3.8) is 0 Å². The van der Waals surface area contributed by atoms with E-state index < -0.39 is 0 Å². The van der Waals surface area contributed by atoms with Crippen LogP contribution in [0, 0.1) is 0 Å². The standard InChI is InChI=1S/C9H15NO3/c1(9-6-13-9)10-7-2-11-4-8(10)5-12-3-7/h7-9H,1-6H2/t7?,8?,9-/m1/s1. The van der Waals surface area contributed by atoms with Gasteiger partial charge in [-0.25, -0.2) is 0 Å². The summed E-state index contributed by atoms with van der Waals surface area (Å²) in [5, 5.41) is 0. The third-order valence-corrected chi connectivity index (χ3v) is 3.00. The molecule has 13 heavy (non-hydrogen) atoms. The summed E-state index contributed by atoms with van der Waals surface area (Å²) in [4.78, 5) is 2.50. The maximum Gasteiger partial charge on any atom is 0.0936 e. The van der Waals surface area contributed by atoms with E-state index >= 15 is 0 Å². The molecule has 3 fully saturated rings. The molecule has 1 atom stereocenters. The van der Waals surface area contributed by atoms with E-state index in [4.69, 9.17) is 14.2 Å². The normalized spacial score (nSPS) is 44.8. The van der Waals surface area contributed by atoms with Gasteiger partial charge in [0.15, 0.2) is 0 Å². The van der Waals surface area contributed by atoms with Gasteiger partial charge in [-0.2, -0.15) is 0 Å². The molecule has 0 aromatic heterocycles. The molecule has 0 amide bonds. The fourth-order valence-electron chi connectivity index (χ4n) is 2.16. The summed E-state index contributed by atoms with van der Waals surface area (Å²) in [6, 6.07) is 0.938. The zero-order valence-electron chi connectivity index (χ0n) is 7.65. The summed E-state index contributed by atoms with van der Waals surface area (Å²) in [6.07, 6.45) is 0.487. The van der Waals surface area contributed by atoms with Crippen LogP contribution in [-0.2, 0) is 14.2 Å². The topological polar surface area (TPSA) is 34.2 Å². The lowest BCUT2D eigenvalue weighted by Gasteiger charge is -2.45. The van der Waals surface area contributed by atoms with Crippen LogP contribution in [0.5, 0.6) is 0 Å².